The van der Waals surface area contributed by atoms with Crippen molar-refractivity contribution in [3.63, 3.8) is 0 Å². The van der Waals surface area contributed by atoms with Gasteiger partial charge < -0.3 is 15.3 Å². The van der Waals surface area contributed by atoms with Crippen molar-refractivity contribution in [1.29, 1.82) is 0 Å². The Labute approximate surface area is 141 Å². The number of nitrogens with zero attached hydrogens (tertiary/aromatic N) is 1. The van der Waals surface area contributed by atoms with Gasteiger partial charge in [0.2, 0.25) is 11.8 Å². The Morgan fingerprint density at radius 3 is 2.75 bits per heavy atom. The van der Waals surface area contributed by atoms with E-state index >= 15 is 0 Å². The van der Waals surface area contributed by atoms with Gasteiger partial charge >= 0.3 is 0 Å². The van der Waals surface area contributed by atoms with Crippen LogP contribution in [0, 0.1) is 11.7 Å². The molecule has 6 heteroatoms. The lowest BCUT2D eigenvalue weighted by Crippen LogP contribution is -2.47. The van der Waals surface area contributed by atoms with Crippen LogP contribution in [0.25, 0.3) is 0 Å². The largest absolute Gasteiger partial charge is 0.396 e. The number of rotatable bonds is 6. The van der Waals surface area contributed by atoms with Gasteiger partial charge in [0.15, 0.2) is 0 Å². The average molecular weight is 336 g/mol. The molecule has 2 unspecified atom stereocenters. The van der Waals surface area contributed by atoms with Gasteiger partial charge in [-0.05, 0) is 43.9 Å². The number of aliphatic hydroxyl groups excluding tert-OH is 1. The predicted octanol–water partition coefficient (Wildman–Crippen LogP) is 1.49. The molecule has 1 aromatic rings. The number of likely N-dealkylation sites (tertiary alicyclic amines) is 1. The van der Waals surface area contributed by atoms with E-state index in [1.807, 2.05) is 6.92 Å². The standard InChI is InChI=1S/C18H25FN2O3/c1-13(8-10-22)20-18(24)15-3-2-9-21(12-15)17(23)11-14-4-6-16(19)7-5-14/h4-7,13,15,22H,2-3,8-12H2,1H3,(H,20,24). The number of hydrogen-bond acceptors (Lipinski definition) is 3. The summed E-state index contributed by atoms with van der Waals surface area (Å²) in [5.41, 5.74) is 0.768. The van der Waals surface area contributed by atoms with Crippen LogP contribution in [-0.4, -0.2) is 47.6 Å². The Morgan fingerprint density at radius 1 is 1.38 bits per heavy atom. The number of nitrogens with one attached hydrogen (secondary N) is 1. The zero-order valence-corrected chi connectivity index (χ0v) is 14.0. The van der Waals surface area contributed by atoms with Crippen LogP contribution in [0.4, 0.5) is 4.39 Å². The van der Waals surface area contributed by atoms with Crippen LogP contribution in [0.1, 0.15) is 31.7 Å². The third kappa shape index (κ3) is 5.30. The van der Waals surface area contributed by atoms with E-state index in [2.05, 4.69) is 5.32 Å². The molecule has 1 saturated heterocycles. The van der Waals surface area contributed by atoms with Gasteiger partial charge in [-0.3, -0.25) is 9.59 Å². The third-order valence-electron chi connectivity index (χ3n) is 4.36. The number of halogens is 1. The average Bonchev–Trinajstić information content (AvgIpc) is 2.57. The molecule has 0 spiro atoms. The third-order valence-corrected chi connectivity index (χ3v) is 4.36. The molecular weight excluding hydrogens is 311 g/mol. The maximum absolute atomic E-state index is 12.9. The first-order valence-corrected chi connectivity index (χ1v) is 8.43. The van der Waals surface area contributed by atoms with Gasteiger partial charge in [-0.2, -0.15) is 0 Å². The molecule has 1 aliphatic heterocycles. The van der Waals surface area contributed by atoms with Gasteiger partial charge in [-0.1, -0.05) is 12.1 Å². The molecule has 1 fully saturated rings. The van der Waals surface area contributed by atoms with Gasteiger partial charge in [-0.25, -0.2) is 4.39 Å². The smallest absolute Gasteiger partial charge is 0.227 e. The molecule has 2 amide bonds. The molecule has 0 radical (unpaired) electrons. The Bertz CT molecular complexity index is 562. The van der Waals surface area contributed by atoms with E-state index < -0.39 is 0 Å². The highest BCUT2D eigenvalue weighted by molar-refractivity contribution is 5.82. The zero-order chi connectivity index (χ0) is 17.5. The molecule has 0 bridgehead atoms. The first kappa shape index (κ1) is 18.4. The van der Waals surface area contributed by atoms with Crippen molar-refractivity contribution in [1.82, 2.24) is 10.2 Å². The highest BCUT2D eigenvalue weighted by atomic mass is 19.1. The van der Waals surface area contributed by atoms with Crippen molar-refractivity contribution in [2.75, 3.05) is 19.7 Å². The van der Waals surface area contributed by atoms with Gasteiger partial charge in [0.25, 0.3) is 0 Å². The second kappa shape index (κ2) is 8.78. The summed E-state index contributed by atoms with van der Waals surface area (Å²) in [6.07, 6.45) is 2.29. The van der Waals surface area contributed by atoms with Crippen molar-refractivity contribution >= 4 is 11.8 Å². The summed E-state index contributed by atoms with van der Waals surface area (Å²) in [5, 5.41) is 11.8. The summed E-state index contributed by atoms with van der Waals surface area (Å²) >= 11 is 0. The molecule has 2 atom stereocenters. The maximum atomic E-state index is 12.9. The summed E-state index contributed by atoms with van der Waals surface area (Å²) in [6, 6.07) is 5.83. The van der Waals surface area contributed by atoms with Gasteiger partial charge in [0, 0.05) is 25.7 Å². The Hall–Kier alpha value is -1.95. The van der Waals surface area contributed by atoms with E-state index in [4.69, 9.17) is 5.11 Å². The van der Waals surface area contributed by atoms with Crippen LogP contribution in [-0.2, 0) is 16.0 Å². The maximum Gasteiger partial charge on any atom is 0.227 e. The van der Waals surface area contributed by atoms with Crippen molar-refractivity contribution in [2.45, 2.75) is 38.6 Å². The number of benzene rings is 1. The minimum atomic E-state index is -0.321. The van der Waals surface area contributed by atoms with E-state index in [0.29, 0.717) is 19.5 Å². The quantitative estimate of drug-likeness (QED) is 0.827. The molecule has 1 heterocycles. The van der Waals surface area contributed by atoms with E-state index in [1.54, 1.807) is 17.0 Å². The van der Waals surface area contributed by atoms with E-state index in [-0.39, 0.29) is 42.6 Å². The fraction of sp³-hybridized carbons (Fsp3) is 0.556. The normalized spacial score (nSPS) is 19.0. The molecule has 132 valence electrons. The predicted molar refractivity (Wildman–Crippen MR) is 88.7 cm³/mol. The van der Waals surface area contributed by atoms with Crippen LogP contribution < -0.4 is 5.32 Å². The number of amides is 2. The fourth-order valence-electron chi connectivity index (χ4n) is 2.93. The fourth-order valence-corrected chi connectivity index (χ4v) is 2.93. The molecule has 1 aliphatic rings. The first-order chi connectivity index (χ1) is 11.5. The lowest BCUT2D eigenvalue weighted by atomic mass is 9.96. The van der Waals surface area contributed by atoms with Crippen LogP contribution in [0.3, 0.4) is 0 Å². The van der Waals surface area contributed by atoms with E-state index in [1.165, 1.54) is 12.1 Å². The van der Waals surface area contributed by atoms with Crippen LogP contribution in [0.2, 0.25) is 0 Å². The molecular formula is C18H25FN2O3. The molecule has 2 N–H and O–H groups in total. The van der Waals surface area contributed by atoms with E-state index in [0.717, 1.165) is 18.4 Å². The molecule has 0 aromatic heterocycles. The van der Waals surface area contributed by atoms with Crippen molar-refractivity contribution in [3.05, 3.63) is 35.6 Å². The van der Waals surface area contributed by atoms with Crippen LogP contribution in [0.5, 0.6) is 0 Å². The molecule has 1 aromatic carbocycles. The first-order valence-electron chi connectivity index (χ1n) is 8.43. The lowest BCUT2D eigenvalue weighted by molar-refractivity contribution is -0.135. The number of carbonyl (C=O) groups excluding carboxylic acids is 2. The van der Waals surface area contributed by atoms with Gasteiger partial charge in [0.1, 0.15) is 5.82 Å². The summed E-state index contributed by atoms with van der Waals surface area (Å²) < 4.78 is 12.9. The summed E-state index contributed by atoms with van der Waals surface area (Å²) in [5.74, 6) is -0.632. The summed E-state index contributed by atoms with van der Waals surface area (Å²) in [6.45, 7) is 2.95. The molecule has 5 nitrogen and oxygen atoms in total. The van der Waals surface area contributed by atoms with Gasteiger partial charge in [0.05, 0.1) is 12.3 Å². The molecule has 0 saturated carbocycles. The van der Waals surface area contributed by atoms with Crippen molar-refractivity contribution in [3.8, 4) is 0 Å². The second-order valence-electron chi connectivity index (χ2n) is 6.40. The number of piperidine rings is 1. The second-order valence-corrected chi connectivity index (χ2v) is 6.40. The van der Waals surface area contributed by atoms with Crippen molar-refractivity contribution < 1.29 is 19.1 Å². The van der Waals surface area contributed by atoms with Crippen LogP contribution in [0.15, 0.2) is 24.3 Å². The van der Waals surface area contributed by atoms with Crippen molar-refractivity contribution in [2.24, 2.45) is 5.92 Å². The summed E-state index contributed by atoms with van der Waals surface area (Å²) in [4.78, 5) is 26.4. The summed E-state index contributed by atoms with van der Waals surface area (Å²) in [7, 11) is 0. The minimum absolute atomic E-state index is 0.0361. The Balaban J connectivity index is 1.88. The topological polar surface area (TPSA) is 69.6 Å². The number of hydrogen-bond donors (Lipinski definition) is 2. The Kier molecular flexibility index (Phi) is 6.73. The van der Waals surface area contributed by atoms with E-state index in [9.17, 15) is 14.0 Å². The zero-order valence-electron chi connectivity index (χ0n) is 14.0. The highest BCUT2D eigenvalue weighted by Crippen LogP contribution is 2.18. The molecule has 24 heavy (non-hydrogen) atoms. The van der Waals surface area contributed by atoms with Crippen LogP contribution >= 0.6 is 0 Å². The molecule has 2 rings (SSSR count). The number of aliphatic hydroxyl groups is 1. The monoisotopic (exact) mass is 336 g/mol. The molecule has 0 aliphatic carbocycles. The lowest BCUT2D eigenvalue weighted by Gasteiger charge is -2.32. The SMILES string of the molecule is CC(CCO)NC(=O)C1CCCN(C(=O)Cc2ccc(F)cc2)C1. The Morgan fingerprint density at radius 2 is 2.08 bits per heavy atom. The highest BCUT2D eigenvalue weighted by Gasteiger charge is 2.28. The minimum Gasteiger partial charge on any atom is -0.396 e. The van der Waals surface area contributed by atoms with Gasteiger partial charge in [-0.15, -0.1) is 0 Å². The number of carbonyl (C=O) groups is 2.